The van der Waals surface area contributed by atoms with E-state index in [2.05, 4.69) is 20.2 Å². The predicted octanol–water partition coefficient (Wildman–Crippen LogP) is 3.91. The maximum atomic E-state index is 14.2. The van der Waals surface area contributed by atoms with Crippen LogP contribution in [0.25, 0.3) is 28.0 Å². The number of ether oxygens (including phenoxy) is 1. The van der Waals surface area contributed by atoms with Crippen molar-refractivity contribution >= 4 is 22.7 Å². The van der Waals surface area contributed by atoms with E-state index in [0.29, 0.717) is 27.1 Å². The summed E-state index contributed by atoms with van der Waals surface area (Å²) < 4.78 is 49.7. The quantitative estimate of drug-likeness (QED) is 0.364. The Balaban J connectivity index is 1.53. The summed E-state index contributed by atoms with van der Waals surface area (Å²) in [6.07, 6.45) is -1.55. The summed E-state index contributed by atoms with van der Waals surface area (Å²) in [6.45, 7) is 0. The van der Waals surface area contributed by atoms with Crippen molar-refractivity contribution in [1.29, 1.82) is 5.26 Å². The van der Waals surface area contributed by atoms with Crippen molar-refractivity contribution in [2.45, 2.75) is 6.18 Å². The molecule has 0 unspecified atom stereocenters. The molecule has 1 aromatic carbocycles. The second-order valence-electron chi connectivity index (χ2n) is 7.81. The number of hydrogen-bond acceptors (Lipinski definition) is 8. The van der Waals surface area contributed by atoms with E-state index < -0.39 is 23.4 Å². The van der Waals surface area contributed by atoms with Gasteiger partial charge in [0, 0.05) is 30.8 Å². The molecule has 5 rings (SSSR count). The normalized spacial score (nSPS) is 11.4. The number of halogens is 3. The molecule has 0 aliphatic rings. The molecule has 184 valence electrons. The van der Waals surface area contributed by atoms with Crippen molar-refractivity contribution in [2.75, 3.05) is 5.73 Å². The summed E-state index contributed by atoms with van der Waals surface area (Å²) in [5.74, 6) is -1.23. The first-order chi connectivity index (χ1) is 17.7. The van der Waals surface area contributed by atoms with Gasteiger partial charge >= 0.3 is 12.1 Å². The smallest absolute Gasteiger partial charge is 0.421 e. The minimum atomic E-state index is -4.95. The molecule has 0 atom stereocenters. The summed E-state index contributed by atoms with van der Waals surface area (Å²) >= 11 is 0. The topological polar surface area (TPSA) is 138 Å². The molecule has 13 heteroatoms. The molecule has 2 N–H and O–H groups in total. The highest BCUT2D eigenvalue weighted by Gasteiger charge is 2.41. The van der Waals surface area contributed by atoms with Crippen LogP contribution in [0.15, 0.2) is 61.1 Å². The van der Waals surface area contributed by atoms with Gasteiger partial charge in [0.2, 0.25) is 0 Å². The van der Waals surface area contributed by atoms with Gasteiger partial charge in [-0.1, -0.05) is 6.07 Å². The number of aryl methyl sites for hydroxylation is 1. The van der Waals surface area contributed by atoms with Crippen LogP contribution in [0, 0.1) is 11.3 Å². The van der Waals surface area contributed by atoms with E-state index in [1.54, 1.807) is 25.2 Å². The molecule has 4 aromatic heterocycles. The van der Waals surface area contributed by atoms with Crippen LogP contribution in [-0.2, 0) is 13.2 Å². The molecule has 0 fully saturated rings. The molecule has 0 saturated heterocycles. The van der Waals surface area contributed by atoms with E-state index in [0.717, 1.165) is 12.4 Å². The van der Waals surface area contributed by atoms with Gasteiger partial charge in [0.1, 0.15) is 28.8 Å². The van der Waals surface area contributed by atoms with E-state index in [1.165, 1.54) is 35.1 Å². The second-order valence-corrected chi connectivity index (χ2v) is 7.81. The molecule has 0 aliphatic heterocycles. The van der Waals surface area contributed by atoms with Gasteiger partial charge in [-0.2, -0.15) is 28.6 Å². The minimum Gasteiger partial charge on any atom is -0.421 e. The van der Waals surface area contributed by atoms with Crippen LogP contribution >= 0.6 is 0 Å². The number of fused-ring (bicyclic) bond motifs is 1. The van der Waals surface area contributed by atoms with Crippen molar-refractivity contribution in [3.63, 3.8) is 0 Å². The summed E-state index contributed by atoms with van der Waals surface area (Å²) in [4.78, 5) is 21.1. The molecule has 5 aromatic rings. The fourth-order valence-electron chi connectivity index (χ4n) is 3.78. The highest BCUT2D eigenvalue weighted by atomic mass is 19.4. The molecule has 0 spiro atoms. The zero-order valence-corrected chi connectivity index (χ0v) is 18.9. The number of pyridine rings is 2. The van der Waals surface area contributed by atoms with Gasteiger partial charge in [0.25, 0.3) is 0 Å². The number of aromatic nitrogens is 6. The SMILES string of the molecule is Cn1nc(-c2ncc(OC(=O)c3cnn(-c4cccc5ncccc45)c3C(F)(F)F)cc2C#N)cc1N. The number of nitriles is 1. The Bertz CT molecular complexity index is 1690. The van der Waals surface area contributed by atoms with E-state index in [9.17, 15) is 23.2 Å². The summed E-state index contributed by atoms with van der Waals surface area (Å²) in [5.41, 5.74) is 4.65. The van der Waals surface area contributed by atoms with E-state index in [1.807, 2.05) is 6.07 Å². The third kappa shape index (κ3) is 4.20. The highest BCUT2D eigenvalue weighted by Crippen LogP contribution is 2.35. The maximum absolute atomic E-state index is 14.2. The average Bonchev–Trinajstić information content (AvgIpc) is 3.47. The lowest BCUT2D eigenvalue weighted by Gasteiger charge is -2.14. The van der Waals surface area contributed by atoms with Crippen LogP contribution in [0.1, 0.15) is 21.6 Å². The molecular formula is C24H15F3N8O2. The molecule has 10 nitrogen and oxygen atoms in total. The standard InChI is InChI=1S/C24H15F3N8O2/c1-34-20(29)9-18(33-34)21-13(10-28)8-14(11-31-21)37-23(36)16-12-32-35(22(16)24(25,26)27)19-6-2-5-17-15(19)4-3-7-30-17/h2-9,11-12H,29H2,1H3. The van der Waals surface area contributed by atoms with Crippen LogP contribution in [0.5, 0.6) is 5.75 Å². The third-order valence-corrected chi connectivity index (χ3v) is 5.46. The van der Waals surface area contributed by atoms with Gasteiger partial charge in [-0.05, 0) is 24.3 Å². The number of carbonyl (C=O) groups excluding carboxylic acids is 1. The molecular weight excluding hydrogens is 489 g/mol. The Morgan fingerprint density at radius 2 is 1.95 bits per heavy atom. The number of carbonyl (C=O) groups is 1. The molecule has 0 bridgehead atoms. The summed E-state index contributed by atoms with van der Waals surface area (Å²) in [7, 11) is 1.61. The highest BCUT2D eigenvalue weighted by molar-refractivity contribution is 5.93. The largest absolute Gasteiger partial charge is 0.434 e. The summed E-state index contributed by atoms with van der Waals surface area (Å²) in [5, 5.41) is 17.9. The van der Waals surface area contributed by atoms with Crippen molar-refractivity contribution in [1.82, 2.24) is 29.5 Å². The lowest BCUT2D eigenvalue weighted by molar-refractivity contribution is -0.143. The van der Waals surface area contributed by atoms with Gasteiger partial charge in [0.05, 0.1) is 29.2 Å². The van der Waals surface area contributed by atoms with Crippen molar-refractivity contribution in [3.05, 3.63) is 77.9 Å². The monoisotopic (exact) mass is 504 g/mol. The fourth-order valence-corrected chi connectivity index (χ4v) is 3.78. The number of nitrogens with two attached hydrogens (primary N) is 1. The zero-order chi connectivity index (χ0) is 26.3. The maximum Gasteiger partial charge on any atom is 0.434 e. The Kier molecular flexibility index (Phi) is 5.56. The van der Waals surface area contributed by atoms with Crippen LogP contribution < -0.4 is 10.5 Å². The number of nitrogens with zero attached hydrogens (tertiary/aromatic N) is 7. The zero-order valence-electron chi connectivity index (χ0n) is 18.9. The Morgan fingerprint density at radius 3 is 2.65 bits per heavy atom. The predicted molar refractivity (Wildman–Crippen MR) is 124 cm³/mol. The molecule has 0 amide bonds. The number of benzene rings is 1. The van der Waals surface area contributed by atoms with Crippen LogP contribution in [-0.4, -0.2) is 35.5 Å². The molecule has 0 saturated carbocycles. The number of hydrogen-bond donors (Lipinski definition) is 1. The summed E-state index contributed by atoms with van der Waals surface area (Å²) in [6, 6.07) is 12.4. The molecule has 37 heavy (non-hydrogen) atoms. The molecule has 4 heterocycles. The third-order valence-electron chi connectivity index (χ3n) is 5.46. The van der Waals surface area contributed by atoms with Crippen molar-refractivity contribution in [3.8, 4) is 28.9 Å². The number of esters is 1. The number of nitrogen functional groups attached to an aromatic ring is 1. The molecule has 0 aliphatic carbocycles. The second kappa shape index (κ2) is 8.76. The van der Waals surface area contributed by atoms with Gasteiger partial charge in [-0.15, -0.1) is 0 Å². The van der Waals surface area contributed by atoms with Gasteiger partial charge in [-0.25, -0.2) is 14.5 Å². The number of alkyl halides is 3. The Labute approximate surface area is 206 Å². The molecule has 0 radical (unpaired) electrons. The van der Waals surface area contributed by atoms with E-state index in [-0.39, 0.29) is 22.7 Å². The number of anilines is 1. The lowest BCUT2D eigenvalue weighted by Crippen LogP contribution is -2.20. The van der Waals surface area contributed by atoms with Gasteiger partial charge in [-0.3, -0.25) is 9.67 Å². The first kappa shape index (κ1) is 23.5. The van der Waals surface area contributed by atoms with Crippen molar-refractivity contribution in [2.24, 2.45) is 7.05 Å². The van der Waals surface area contributed by atoms with Gasteiger partial charge < -0.3 is 10.5 Å². The first-order valence-corrected chi connectivity index (χ1v) is 10.6. The first-order valence-electron chi connectivity index (χ1n) is 10.6. The van der Waals surface area contributed by atoms with Gasteiger partial charge in [0.15, 0.2) is 11.4 Å². The lowest BCUT2D eigenvalue weighted by atomic mass is 10.1. The van der Waals surface area contributed by atoms with E-state index >= 15 is 0 Å². The van der Waals surface area contributed by atoms with Crippen LogP contribution in [0.2, 0.25) is 0 Å². The Hall–Kier alpha value is -5.25. The fraction of sp³-hybridized carbons (Fsp3) is 0.0833. The van der Waals surface area contributed by atoms with E-state index in [4.69, 9.17) is 10.5 Å². The minimum absolute atomic E-state index is 0.0154. The van der Waals surface area contributed by atoms with Crippen LogP contribution in [0.3, 0.4) is 0 Å². The average molecular weight is 504 g/mol. The van der Waals surface area contributed by atoms with Crippen LogP contribution in [0.4, 0.5) is 19.0 Å². The Morgan fingerprint density at radius 1 is 1.14 bits per heavy atom. The van der Waals surface area contributed by atoms with Crippen molar-refractivity contribution < 1.29 is 22.7 Å². The number of rotatable bonds is 4.